The first-order valence-electron chi connectivity index (χ1n) is 13.2. The summed E-state index contributed by atoms with van der Waals surface area (Å²) in [7, 11) is 0. The molecule has 6 atom stereocenters. The summed E-state index contributed by atoms with van der Waals surface area (Å²) in [5, 5.41) is 48.4. The number of rotatable bonds is 20. The molecule has 0 radical (unpaired) electrons. The quantitative estimate of drug-likeness (QED) is 0.127. The van der Waals surface area contributed by atoms with E-state index in [0.717, 1.165) is 19.3 Å². The molecule has 9 nitrogen and oxygen atoms in total. The molecule has 0 spiro atoms. The number of aliphatic hydroxyl groups is 5. The number of carbonyl (C=O) groups excluding carboxylic acids is 1. The van der Waals surface area contributed by atoms with E-state index in [0.29, 0.717) is 6.42 Å². The fourth-order valence-corrected chi connectivity index (χ4v) is 4.01. The van der Waals surface area contributed by atoms with Crippen LogP contribution in [0.4, 0.5) is 0 Å². The summed E-state index contributed by atoms with van der Waals surface area (Å²) in [6.07, 6.45) is 8.18. The van der Waals surface area contributed by atoms with Gasteiger partial charge in [-0.2, -0.15) is 0 Å². The Labute approximate surface area is 204 Å². The van der Waals surface area contributed by atoms with Gasteiger partial charge in [0.2, 0.25) is 0 Å². The highest BCUT2D eigenvalue weighted by atomic mass is 16.7. The average Bonchev–Trinajstić information content (AvgIpc) is 2.83. The Morgan fingerprint density at radius 2 is 1.32 bits per heavy atom. The van der Waals surface area contributed by atoms with Crippen molar-refractivity contribution in [3.63, 3.8) is 0 Å². The van der Waals surface area contributed by atoms with Crippen molar-refractivity contribution in [3.05, 3.63) is 0 Å². The molecule has 0 bridgehead atoms. The molecule has 9 heteroatoms. The Hall–Kier alpha value is -0.810. The van der Waals surface area contributed by atoms with Gasteiger partial charge in [-0.1, -0.05) is 84.0 Å². The molecule has 1 rings (SSSR count). The summed E-state index contributed by atoms with van der Waals surface area (Å²) in [5.41, 5.74) is 0. The van der Waals surface area contributed by atoms with Crippen molar-refractivity contribution in [2.45, 2.75) is 134 Å². The van der Waals surface area contributed by atoms with Crippen LogP contribution in [0.5, 0.6) is 0 Å². The maximum atomic E-state index is 11.8. The topological polar surface area (TPSA) is 146 Å². The lowest BCUT2D eigenvalue weighted by Crippen LogP contribution is -2.59. The maximum absolute atomic E-state index is 11.8. The third-order valence-electron chi connectivity index (χ3n) is 6.22. The fourth-order valence-electron chi connectivity index (χ4n) is 4.01. The van der Waals surface area contributed by atoms with Crippen molar-refractivity contribution in [2.75, 3.05) is 19.8 Å². The lowest BCUT2D eigenvalue weighted by molar-refractivity contribution is -0.305. The van der Waals surface area contributed by atoms with Gasteiger partial charge in [-0.25, -0.2) is 0 Å². The third-order valence-corrected chi connectivity index (χ3v) is 6.22. The molecule has 0 aromatic heterocycles. The summed E-state index contributed by atoms with van der Waals surface area (Å²) >= 11 is 0. The predicted octanol–water partition coefficient (Wildman–Crippen LogP) is 2.19. The molecule has 1 heterocycles. The predicted molar refractivity (Wildman–Crippen MR) is 127 cm³/mol. The molecule has 0 amide bonds. The largest absolute Gasteiger partial charge is 0.463 e. The molecule has 1 unspecified atom stereocenters. The van der Waals surface area contributed by atoms with Crippen LogP contribution in [0.25, 0.3) is 0 Å². The lowest BCUT2D eigenvalue weighted by atomic mass is 9.99. The van der Waals surface area contributed by atoms with Gasteiger partial charge in [-0.3, -0.25) is 4.79 Å². The molecule has 202 valence electrons. The zero-order valence-electron chi connectivity index (χ0n) is 20.9. The van der Waals surface area contributed by atoms with Crippen LogP contribution in [0.15, 0.2) is 0 Å². The molecular formula is C25H48O9. The molecule has 0 aliphatic carbocycles. The normalized spacial score (nSPS) is 25.9. The summed E-state index contributed by atoms with van der Waals surface area (Å²) in [4.78, 5) is 11.8. The summed E-state index contributed by atoms with van der Waals surface area (Å²) < 4.78 is 15.5. The van der Waals surface area contributed by atoms with E-state index in [9.17, 15) is 25.2 Å². The molecule has 34 heavy (non-hydrogen) atoms. The molecule has 5 N–H and O–H groups in total. The number of hydrogen-bond acceptors (Lipinski definition) is 9. The summed E-state index contributed by atoms with van der Waals surface area (Å²) in [5.74, 6) is -0.380. The number of unbranched alkanes of at least 4 members (excludes halogenated alkanes) is 12. The van der Waals surface area contributed by atoms with Gasteiger partial charge in [-0.05, 0) is 6.42 Å². The second-order valence-electron chi connectivity index (χ2n) is 9.36. The second-order valence-corrected chi connectivity index (χ2v) is 9.36. The van der Waals surface area contributed by atoms with Crippen molar-refractivity contribution >= 4 is 5.97 Å². The van der Waals surface area contributed by atoms with E-state index in [1.54, 1.807) is 0 Å². The van der Waals surface area contributed by atoms with Crippen LogP contribution in [0, 0.1) is 0 Å². The molecular weight excluding hydrogens is 444 g/mol. The van der Waals surface area contributed by atoms with Crippen LogP contribution in [-0.4, -0.2) is 88.1 Å². The lowest BCUT2D eigenvalue weighted by Gasteiger charge is -2.39. The highest BCUT2D eigenvalue weighted by molar-refractivity contribution is 5.69. The van der Waals surface area contributed by atoms with Crippen molar-refractivity contribution in [2.24, 2.45) is 0 Å². The summed E-state index contributed by atoms with van der Waals surface area (Å²) in [6, 6.07) is 0. The number of ether oxygens (including phenoxy) is 3. The Balaban J connectivity index is 1.99. The second kappa shape index (κ2) is 19.4. The smallest absolute Gasteiger partial charge is 0.305 e. The van der Waals surface area contributed by atoms with E-state index >= 15 is 0 Å². The SMILES string of the molecule is CCCCCCCCCCCCCCCC(=O)OCC(O)CO[C@@H]1O[C@H](CO)[C@H](O)[C@H](O)[C@@H]1O. The zero-order chi connectivity index (χ0) is 25.2. The van der Waals surface area contributed by atoms with E-state index < -0.39 is 43.4 Å². The van der Waals surface area contributed by atoms with Crippen molar-refractivity contribution < 1.29 is 44.5 Å². The third kappa shape index (κ3) is 13.3. The Bertz CT molecular complexity index is 503. The van der Waals surface area contributed by atoms with Gasteiger partial charge in [-0.15, -0.1) is 0 Å². The van der Waals surface area contributed by atoms with Gasteiger partial charge in [0.1, 0.15) is 37.1 Å². The van der Waals surface area contributed by atoms with Crippen molar-refractivity contribution in [3.8, 4) is 0 Å². The standard InChI is InChI=1S/C25H48O9/c1-2-3-4-5-6-7-8-9-10-11-12-13-14-15-21(28)32-17-19(27)18-33-25-24(31)23(30)22(29)20(16-26)34-25/h19-20,22-27,29-31H,2-18H2,1H3/t19?,20-,22+,23+,24+,25-/m1/s1. The number of carbonyl (C=O) groups is 1. The van der Waals surface area contributed by atoms with Gasteiger partial charge < -0.3 is 39.7 Å². The van der Waals surface area contributed by atoms with E-state index in [2.05, 4.69) is 6.92 Å². The molecule has 1 fully saturated rings. The molecule has 0 aromatic carbocycles. The van der Waals surface area contributed by atoms with E-state index in [4.69, 9.17) is 19.3 Å². The molecule has 1 aliphatic rings. The van der Waals surface area contributed by atoms with E-state index in [-0.39, 0.29) is 19.2 Å². The van der Waals surface area contributed by atoms with Crippen LogP contribution < -0.4 is 0 Å². The first kappa shape index (κ1) is 31.2. The monoisotopic (exact) mass is 492 g/mol. The first-order valence-corrected chi connectivity index (χ1v) is 13.2. The zero-order valence-corrected chi connectivity index (χ0v) is 20.9. The first-order chi connectivity index (χ1) is 16.4. The Morgan fingerprint density at radius 3 is 1.85 bits per heavy atom. The Kier molecular flexibility index (Phi) is 17.8. The van der Waals surface area contributed by atoms with E-state index in [1.165, 1.54) is 64.2 Å². The fraction of sp³-hybridized carbons (Fsp3) is 0.960. The van der Waals surface area contributed by atoms with Crippen molar-refractivity contribution in [1.82, 2.24) is 0 Å². The molecule has 1 aliphatic heterocycles. The maximum Gasteiger partial charge on any atom is 0.305 e. The van der Waals surface area contributed by atoms with Gasteiger partial charge >= 0.3 is 5.97 Å². The summed E-state index contributed by atoms with van der Waals surface area (Å²) in [6.45, 7) is 1.11. The number of esters is 1. The molecule has 0 aromatic rings. The van der Waals surface area contributed by atoms with Crippen molar-refractivity contribution in [1.29, 1.82) is 0 Å². The van der Waals surface area contributed by atoms with E-state index in [1.807, 2.05) is 0 Å². The Morgan fingerprint density at radius 1 is 0.794 bits per heavy atom. The number of hydrogen-bond donors (Lipinski definition) is 5. The van der Waals surface area contributed by atoms with Gasteiger partial charge in [0.05, 0.1) is 13.2 Å². The van der Waals surface area contributed by atoms with Crippen LogP contribution >= 0.6 is 0 Å². The highest BCUT2D eigenvalue weighted by Crippen LogP contribution is 2.22. The minimum Gasteiger partial charge on any atom is -0.463 e. The van der Waals surface area contributed by atoms with Crippen LogP contribution in [0.3, 0.4) is 0 Å². The van der Waals surface area contributed by atoms with Gasteiger partial charge in [0.25, 0.3) is 0 Å². The average molecular weight is 493 g/mol. The number of aliphatic hydroxyl groups excluding tert-OH is 5. The van der Waals surface area contributed by atoms with Crippen LogP contribution in [0.2, 0.25) is 0 Å². The minimum absolute atomic E-state index is 0.255. The highest BCUT2D eigenvalue weighted by Gasteiger charge is 2.44. The minimum atomic E-state index is -1.55. The van der Waals surface area contributed by atoms with Gasteiger partial charge in [0.15, 0.2) is 6.29 Å². The van der Waals surface area contributed by atoms with Crippen LogP contribution in [-0.2, 0) is 19.0 Å². The van der Waals surface area contributed by atoms with Gasteiger partial charge in [0, 0.05) is 6.42 Å². The van der Waals surface area contributed by atoms with Crippen LogP contribution in [0.1, 0.15) is 96.8 Å². The molecule has 0 saturated carbocycles. The molecule has 1 saturated heterocycles.